The lowest BCUT2D eigenvalue weighted by Crippen LogP contribution is -2.35. The second-order valence-electron chi connectivity index (χ2n) is 10.7. The molecule has 228 valence electrons. The molecule has 45 heavy (non-hydrogen) atoms. The fraction of sp³-hybridized carbons (Fsp3) is 0.184. The predicted octanol–water partition coefficient (Wildman–Crippen LogP) is 7.00. The number of amides is 2. The van der Waals surface area contributed by atoms with Gasteiger partial charge in [-0.1, -0.05) is 91.0 Å². The zero-order valence-corrected chi connectivity index (χ0v) is 25.2. The van der Waals surface area contributed by atoms with Gasteiger partial charge in [0.05, 0.1) is 13.0 Å². The van der Waals surface area contributed by atoms with Crippen LogP contribution in [0.15, 0.2) is 115 Å². The van der Waals surface area contributed by atoms with Gasteiger partial charge in [-0.3, -0.25) is 14.4 Å². The van der Waals surface area contributed by atoms with Crippen LogP contribution in [0.25, 0.3) is 21.9 Å². The number of hydrogen-bond acceptors (Lipinski definition) is 4. The van der Waals surface area contributed by atoms with Crippen molar-refractivity contribution in [2.75, 3.05) is 19.7 Å². The van der Waals surface area contributed by atoms with Gasteiger partial charge in [0.25, 0.3) is 11.8 Å². The Labute approximate surface area is 263 Å². The first-order chi connectivity index (χ1) is 21.9. The Bertz CT molecular complexity index is 1790. The van der Waals surface area contributed by atoms with Crippen LogP contribution in [-0.4, -0.2) is 47.5 Å². The summed E-state index contributed by atoms with van der Waals surface area (Å²) in [6, 6.07) is 36.1. The van der Waals surface area contributed by atoms with E-state index in [0.717, 1.165) is 27.6 Å². The van der Waals surface area contributed by atoms with Crippen molar-refractivity contribution in [3.63, 3.8) is 0 Å². The molecule has 2 amide bonds. The molecule has 7 heteroatoms. The van der Waals surface area contributed by atoms with Crippen molar-refractivity contribution in [1.29, 1.82) is 0 Å². The fourth-order valence-electron chi connectivity index (χ4n) is 5.44. The van der Waals surface area contributed by atoms with Crippen molar-refractivity contribution in [3.05, 3.63) is 138 Å². The minimum Gasteiger partial charge on any atom is -0.494 e. The van der Waals surface area contributed by atoms with Crippen molar-refractivity contribution in [3.8, 4) is 16.9 Å². The average Bonchev–Trinajstić information content (AvgIpc) is 3.07. The van der Waals surface area contributed by atoms with E-state index in [9.17, 15) is 19.5 Å². The SMILES string of the molecule is CCOc1ccc(CCN(CCC(=O)O)C(=O)c2ccccc2-c2ccccc2C(=O)NCc2cccc3ccccc23)cc1. The molecule has 5 aromatic carbocycles. The van der Waals surface area contributed by atoms with Gasteiger partial charge in [0.2, 0.25) is 0 Å². The number of rotatable bonds is 13. The Hall–Kier alpha value is -5.43. The molecule has 5 rings (SSSR count). The Morgan fingerprint density at radius 3 is 2.11 bits per heavy atom. The highest BCUT2D eigenvalue weighted by Gasteiger charge is 2.22. The second kappa shape index (κ2) is 14.8. The molecule has 5 aromatic rings. The second-order valence-corrected chi connectivity index (χ2v) is 10.7. The average molecular weight is 601 g/mol. The Morgan fingerprint density at radius 2 is 1.38 bits per heavy atom. The minimum atomic E-state index is -0.977. The first-order valence-electron chi connectivity index (χ1n) is 15.1. The molecule has 0 radical (unpaired) electrons. The zero-order chi connectivity index (χ0) is 31.6. The lowest BCUT2D eigenvalue weighted by Gasteiger charge is -2.24. The maximum atomic E-state index is 14.0. The van der Waals surface area contributed by atoms with Crippen LogP contribution in [-0.2, 0) is 17.8 Å². The molecule has 0 spiro atoms. The van der Waals surface area contributed by atoms with E-state index < -0.39 is 5.97 Å². The molecule has 0 saturated carbocycles. The highest BCUT2D eigenvalue weighted by Crippen LogP contribution is 2.29. The topological polar surface area (TPSA) is 95.9 Å². The molecule has 0 bridgehead atoms. The van der Waals surface area contributed by atoms with Gasteiger partial charge in [-0.25, -0.2) is 0 Å². The molecule has 0 aliphatic carbocycles. The van der Waals surface area contributed by atoms with Gasteiger partial charge in [0, 0.05) is 30.8 Å². The number of aliphatic carboxylic acids is 1. The van der Waals surface area contributed by atoms with Crippen LogP contribution in [0.2, 0.25) is 0 Å². The van der Waals surface area contributed by atoms with Crippen LogP contribution >= 0.6 is 0 Å². The molecule has 0 unspecified atom stereocenters. The van der Waals surface area contributed by atoms with Gasteiger partial charge in [-0.15, -0.1) is 0 Å². The van der Waals surface area contributed by atoms with Gasteiger partial charge in [0.15, 0.2) is 0 Å². The monoisotopic (exact) mass is 600 g/mol. The number of ether oxygens (including phenoxy) is 1. The molecular formula is C38H36N2O5. The summed E-state index contributed by atoms with van der Waals surface area (Å²) in [4.78, 5) is 40.7. The van der Waals surface area contributed by atoms with Crippen molar-refractivity contribution in [1.82, 2.24) is 10.2 Å². The van der Waals surface area contributed by atoms with E-state index in [0.29, 0.717) is 48.4 Å². The summed E-state index contributed by atoms with van der Waals surface area (Å²) in [6.07, 6.45) is 0.372. The zero-order valence-electron chi connectivity index (χ0n) is 25.2. The summed E-state index contributed by atoms with van der Waals surface area (Å²) in [7, 11) is 0. The largest absolute Gasteiger partial charge is 0.494 e. The van der Waals surface area contributed by atoms with E-state index in [1.807, 2.05) is 97.9 Å². The maximum absolute atomic E-state index is 14.0. The quantitative estimate of drug-likeness (QED) is 0.152. The molecule has 0 aliphatic rings. The van der Waals surface area contributed by atoms with E-state index in [4.69, 9.17) is 4.74 Å². The molecular weight excluding hydrogens is 564 g/mol. The van der Waals surface area contributed by atoms with Crippen LogP contribution < -0.4 is 10.1 Å². The third kappa shape index (κ3) is 7.75. The third-order valence-corrected chi connectivity index (χ3v) is 7.73. The summed E-state index contributed by atoms with van der Waals surface area (Å²) < 4.78 is 5.53. The van der Waals surface area contributed by atoms with E-state index in [-0.39, 0.29) is 24.8 Å². The smallest absolute Gasteiger partial charge is 0.305 e. The summed E-state index contributed by atoms with van der Waals surface area (Å²) >= 11 is 0. The van der Waals surface area contributed by atoms with E-state index in [1.165, 1.54) is 0 Å². The molecule has 0 aromatic heterocycles. The normalized spacial score (nSPS) is 10.8. The highest BCUT2D eigenvalue weighted by molar-refractivity contribution is 6.06. The lowest BCUT2D eigenvalue weighted by atomic mass is 9.94. The molecule has 0 atom stereocenters. The molecule has 0 fully saturated rings. The summed E-state index contributed by atoms with van der Waals surface area (Å²) in [5.74, 6) is -0.744. The van der Waals surface area contributed by atoms with Gasteiger partial charge >= 0.3 is 5.97 Å². The fourth-order valence-corrected chi connectivity index (χ4v) is 5.44. The van der Waals surface area contributed by atoms with Crippen LogP contribution in [0, 0.1) is 0 Å². The Kier molecular flexibility index (Phi) is 10.2. The van der Waals surface area contributed by atoms with E-state index >= 15 is 0 Å². The van der Waals surface area contributed by atoms with Crippen LogP contribution in [0.4, 0.5) is 0 Å². The number of nitrogens with zero attached hydrogens (tertiary/aromatic N) is 1. The molecule has 0 aliphatic heterocycles. The van der Waals surface area contributed by atoms with Crippen LogP contribution in [0.1, 0.15) is 45.2 Å². The summed E-state index contributed by atoms with van der Waals surface area (Å²) in [5.41, 5.74) is 4.11. The standard InChI is InChI=1S/C38H36N2O5/c1-2-45-30-20-18-27(19-21-30)22-24-40(25-23-36(41)42)38(44)35-17-8-6-15-33(35)32-14-5-7-16-34(32)37(43)39-26-29-12-9-11-28-10-3-4-13-31(28)29/h3-21H,2,22-26H2,1H3,(H,39,43)(H,41,42). The first-order valence-corrected chi connectivity index (χ1v) is 15.1. The molecule has 0 heterocycles. The van der Waals surface area contributed by atoms with Crippen LogP contribution in [0.5, 0.6) is 5.75 Å². The van der Waals surface area contributed by atoms with Gasteiger partial charge < -0.3 is 20.1 Å². The number of carboxylic acid groups (broad SMARTS) is 1. The van der Waals surface area contributed by atoms with E-state index in [1.54, 1.807) is 29.2 Å². The lowest BCUT2D eigenvalue weighted by molar-refractivity contribution is -0.137. The van der Waals surface area contributed by atoms with Crippen LogP contribution in [0.3, 0.4) is 0 Å². The third-order valence-electron chi connectivity index (χ3n) is 7.73. The van der Waals surface area contributed by atoms with Crippen molar-refractivity contribution in [2.45, 2.75) is 26.3 Å². The molecule has 2 N–H and O–H groups in total. The van der Waals surface area contributed by atoms with Gasteiger partial charge in [-0.2, -0.15) is 0 Å². The van der Waals surface area contributed by atoms with Crippen molar-refractivity contribution < 1.29 is 24.2 Å². The minimum absolute atomic E-state index is 0.0622. The first kappa shape index (κ1) is 31.0. The number of carboxylic acids is 1. The summed E-state index contributed by atoms with van der Waals surface area (Å²) in [5, 5.41) is 14.7. The van der Waals surface area contributed by atoms with Crippen molar-refractivity contribution in [2.24, 2.45) is 0 Å². The number of benzene rings is 5. The molecule has 7 nitrogen and oxygen atoms in total. The summed E-state index contributed by atoms with van der Waals surface area (Å²) in [6.45, 7) is 3.25. The highest BCUT2D eigenvalue weighted by atomic mass is 16.5. The molecule has 0 saturated heterocycles. The number of nitrogens with one attached hydrogen (secondary N) is 1. The Morgan fingerprint density at radius 1 is 0.733 bits per heavy atom. The van der Waals surface area contributed by atoms with E-state index in [2.05, 4.69) is 5.32 Å². The number of carbonyl (C=O) groups excluding carboxylic acids is 2. The maximum Gasteiger partial charge on any atom is 0.305 e. The predicted molar refractivity (Wildman–Crippen MR) is 176 cm³/mol. The van der Waals surface area contributed by atoms with Gasteiger partial charge in [0.1, 0.15) is 5.75 Å². The van der Waals surface area contributed by atoms with Crippen molar-refractivity contribution >= 4 is 28.6 Å². The number of carbonyl (C=O) groups is 3. The number of fused-ring (bicyclic) bond motifs is 1. The Balaban J connectivity index is 1.38. The van der Waals surface area contributed by atoms with Gasteiger partial charge in [-0.05, 0) is 70.6 Å². The number of hydrogen-bond donors (Lipinski definition) is 2.